The number of amides is 1. The maximum Gasteiger partial charge on any atom is 0.233 e. The second kappa shape index (κ2) is 8.78. The lowest BCUT2D eigenvalue weighted by molar-refractivity contribution is -0.117. The van der Waals surface area contributed by atoms with Crippen LogP contribution in [0.5, 0.6) is 0 Å². The summed E-state index contributed by atoms with van der Waals surface area (Å²) in [5.41, 5.74) is 1.04. The molecule has 3 rings (SSSR count). The highest BCUT2D eigenvalue weighted by molar-refractivity contribution is 5.95. The third-order valence-electron chi connectivity index (χ3n) is 4.57. The number of carbonyl (C=O) groups is 1. The number of ether oxygens (including phenoxy) is 1. The second-order valence-corrected chi connectivity index (χ2v) is 6.28. The molecule has 0 unspecified atom stereocenters. The number of morpholine rings is 1. The molecule has 1 amide bonds. The van der Waals surface area contributed by atoms with Crippen LogP contribution in [0.2, 0.25) is 0 Å². The molecule has 2 heterocycles. The number of rotatable bonds is 7. The third kappa shape index (κ3) is 4.90. The third-order valence-corrected chi connectivity index (χ3v) is 4.57. The van der Waals surface area contributed by atoms with Gasteiger partial charge in [0, 0.05) is 31.9 Å². The summed E-state index contributed by atoms with van der Waals surface area (Å²) in [6, 6.07) is 11.7. The van der Waals surface area contributed by atoms with Gasteiger partial charge in [0.2, 0.25) is 5.91 Å². The predicted molar refractivity (Wildman–Crippen MR) is 97.6 cm³/mol. The lowest BCUT2D eigenvalue weighted by atomic mass is 9.96. The number of hydrogen-bond donors (Lipinski definition) is 1. The Labute approximate surface area is 148 Å². The van der Waals surface area contributed by atoms with Crippen molar-refractivity contribution < 1.29 is 9.53 Å². The van der Waals surface area contributed by atoms with Gasteiger partial charge < -0.3 is 10.1 Å². The van der Waals surface area contributed by atoms with Crippen molar-refractivity contribution in [2.75, 3.05) is 38.2 Å². The van der Waals surface area contributed by atoms with E-state index in [1.807, 2.05) is 54.2 Å². The van der Waals surface area contributed by atoms with E-state index < -0.39 is 0 Å². The normalized spacial score (nSPS) is 16.5. The summed E-state index contributed by atoms with van der Waals surface area (Å²) in [5, 5.41) is 7.42. The van der Waals surface area contributed by atoms with Crippen LogP contribution in [0.4, 0.5) is 5.82 Å². The van der Waals surface area contributed by atoms with Crippen LogP contribution < -0.4 is 5.32 Å². The Morgan fingerprint density at radius 3 is 2.68 bits per heavy atom. The predicted octanol–water partition coefficient (Wildman–Crippen LogP) is 2.35. The van der Waals surface area contributed by atoms with Crippen LogP contribution in [0.25, 0.3) is 0 Å². The number of nitrogens with one attached hydrogen (secondary N) is 1. The van der Waals surface area contributed by atoms with Gasteiger partial charge in [0.1, 0.15) is 0 Å². The molecule has 25 heavy (non-hydrogen) atoms. The SMILES string of the molecule is CC[C@H](C(=O)Nc1ccn(CCN2CCOCC2)n1)c1ccccc1. The molecule has 1 aliphatic heterocycles. The maximum atomic E-state index is 12.6. The molecular weight excluding hydrogens is 316 g/mol. The Bertz CT molecular complexity index is 665. The molecule has 0 aliphatic carbocycles. The van der Waals surface area contributed by atoms with E-state index in [1.165, 1.54) is 0 Å². The van der Waals surface area contributed by atoms with Gasteiger partial charge in [-0.3, -0.25) is 14.4 Å². The Morgan fingerprint density at radius 2 is 1.96 bits per heavy atom. The number of benzene rings is 1. The van der Waals surface area contributed by atoms with Gasteiger partial charge in [0.05, 0.1) is 25.7 Å². The number of aromatic nitrogens is 2. The number of nitrogens with zero attached hydrogens (tertiary/aromatic N) is 3. The topological polar surface area (TPSA) is 59.4 Å². The zero-order chi connectivity index (χ0) is 17.5. The van der Waals surface area contributed by atoms with E-state index in [0.717, 1.165) is 51.4 Å². The molecule has 1 fully saturated rings. The molecule has 1 aromatic heterocycles. The Morgan fingerprint density at radius 1 is 1.20 bits per heavy atom. The first-order valence-electron chi connectivity index (χ1n) is 8.95. The minimum absolute atomic E-state index is 0.00729. The number of anilines is 1. The zero-order valence-electron chi connectivity index (χ0n) is 14.7. The van der Waals surface area contributed by atoms with Crippen LogP contribution in [0.15, 0.2) is 42.6 Å². The molecule has 1 atom stereocenters. The minimum Gasteiger partial charge on any atom is -0.379 e. The molecule has 1 saturated heterocycles. The van der Waals surface area contributed by atoms with Crippen LogP contribution in [0.3, 0.4) is 0 Å². The van der Waals surface area contributed by atoms with Gasteiger partial charge in [-0.15, -0.1) is 0 Å². The molecular formula is C19H26N4O2. The van der Waals surface area contributed by atoms with E-state index >= 15 is 0 Å². The monoisotopic (exact) mass is 342 g/mol. The van der Waals surface area contributed by atoms with Crippen molar-refractivity contribution in [3.8, 4) is 0 Å². The quantitative estimate of drug-likeness (QED) is 0.839. The van der Waals surface area contributed by atoms with E-state index in [1.54, 1.807) is 0 Å². The summed E-state index contributed by atoms with van der Waals surface area (Å²) in [7, 11) is 0. The summed E-state index contributed by atoms with van der Waals surface area (Å²) in [6.45, 7) is 7.33. The second-order valence-electron chi connectivity index (χ2n) is 6.28. The van der Waals surface area contributed by atoms with E-state index in [9.17, 15) is 4.79 Å². The standard InChI is InChI=1S/C19H26N4O2/c1-2-17(16-6-4-3-5-7-16)19(24)20-18-8-9-23(21-18)11-10-22-12-14-25-15-13-22/h3-9,17H,2,10-15H2,1H3,(H,20,21,24)/t17-/m0/s1. The summed E-state index contributed by atoms with van der Waals surface area (Å²) in [5.74, 6) is 0.452. The molecule has 2 aromatic rings. The summed E-state index contributed by atoms with van der Waals surface area (Å²) in [4.78, 5) is 14.9. The largest absolute Gasteiger partial charge is 0.379 e. The van der Waals surface area contributed by atoms with Crippen LogP contribution >= 0.6 is 0 Å². The lowest BCUT2D eigenvalue weighted by Gasteiger charge is -2.26. The van der Waals surface area contributed by atoms with E-state index in [-0.39, 0.29) is 11.8 Å². The number of carbonyl (C=O) groups excluding carboxylic acids is 1. The fourth-order valence-electron chi connectivity index (χ4n) is 3.09. The molecule has 6 heteroatoms. The average Bonchev–Trinajstić information content (AvgIpc) is 3.10. The fourth-order valence-corrected chi connectivity index (χ4v) is 3.09. The molecule has 0 spiro atoms. The molecule has 0 saturated carbocycles. The van der Waals surface area contributed by atoms with Crippen LogP contribution in [-0.4, -0.2) is 53.4 Å². The smallest absolute Gasteiger partial charge is 0.233 e. The van der Waals surface area contributed by atoms with E-state index in [0.29, 0.717) is 5.82 Å². The van der Waals surface area contributed by atoms with Crippen molar-refractivity contribution in [2.45, 2.75) is 25.8 Å². The first kappa shape index (κ1) is 17.6. The van der Waals surface area contributed by atoms with Crippen molar-refractivity contribution in [2.24, 2.45) is 0 Å². The molecule has 0 radical (unpaired) electrons. The maximum absolute atomic E-state index is 12.6. The van der Waals surface area contributed by atoms with Crippen molar-refractivity contribution in [1.82, 2.24) is 14.7 Å². The molecule has 1 N–H and O–H groups in total. The zero-order valence-corrected chi connectivity index (χ0v) is 14.7. The van der Waals surface area contributed by atoms with Gasteiger partial charge in [-0.1, -0.05) is 37.3 Å². The first-order chi connectivity index (χ1) is 12.3. The summed E-state index contributed by atoms with van der Waals surface area (Å²) < 4.78 is 7.24. The Hall–Kier alpha value is -2.18. The van der Waals surface area contributed by atoms with Gasteiger partial charge in [0.25, 0.3) is 0 Å². The Balaban J connectivity index is 1.54. The molecule has 6 nitrogen and oxygen atoms in total. The fraction of sp³-hybridized carbons (Fsp3) is 0.474. The lowest BCUT2D eigenvalue weighted by Crippen LogP contribution is -2.38. The van der Waals surface area contributed by atoms with Gasteiger partial charge >= 0.3 is 0 Å². The number of hydrogen-bond acceptors (Lipinski definition) is 4. The van der Waals surface area contributed by atoms with Gasteiger partial charge in [0.15, 0.2) is 5.82 Å². The van der Waals surface area contributed by atoms with E-state index in [4.69, 9.17) is 4.74 Å². The Kier molecular flexibility index (Phi) is 6.19. The molecule has 1 aromatic carbocycles. The highest BCUT2D eigenvalue weighted by Gasteiger charge is 2.19. The van der Waals surface area contributed by atoms with Gasteiger partial charge in [-0.05, 0) is 12.0 Å². The van der Waals surface area contributed by atoms with Crippen molar-refractivity contribution >= 4 is 11.7 Å². The van der Waals surface area contributed by atoms with E-state index in [2.05, 4.69) is 15.3 Å². The summed E-state index contributed by atoms with van der Waals surface area (Å²) in [6.07, 6.45) is 2.67. The van der Waals surface area contributed by atoms with Crippen molar-refractivity contribution in [1.29, 1.82) is 0 Å². The molecule has 134 valence electrons. The highest BCUT2D eigenvalue weighted by Crippen LogP contribution is 2.21. The van der Waals surface area contributed by atoms with Crippen LogP contribution in [0.1, 0.15) is 24.8 Å². The first-order valence-corrected chi connectivity index (χ1v) is 8.95. The molecule has 1 aliphatic rings. The van der Waals surface area contributed by atoms with Gasteiger partial charge in [-0.2, -0.15) is 5.10 Å². The average molecular weight is 342 g/mol. The van der Waals surface area contributed by atoms with Crippen molar-refractivity contribution in [3.05, 3.63) is 48.2 Å². The van der Waals surface area contributed by atoms with Crippen LogP contribution in [-0.2, 0) is 16.1 Å². The summed E-state index contributed by atoms with van der Waals surface area (Å²) >= 11 is 0. The molecule has 0 bridgehead atoms. The van der Waals surface area contributed by atoms with Gasteiger partial charge in [-0.25, -0.2) is 0 Å². The van der Waals surface area contributed by atoms with Crippen LogP contribution in [0, 0.1) is 0 Å². The van der Waals surface area contributed by atoms with Crippen molar-refractivity contribution in [3.63, 3.8) is 0 Å². The highest BCUT2D eigenvalue weighted by atomic mass is 16.5. The minimum atomic E-state index is -0.153.